The summed E-state index contributed by atoms with van der Waals surface area (Å²) in [5, 5.41) is 2.34. The van der Waals surface area contributed by atoms with Crippen molar-refractivity contribution in [1.29, 1.82) is 0 Å². The minimum Gasteiger partial charge on any atom is -0.457 e. The number of hydrogen-bond donors (Lipinski definition) is 0. The van der Waals surface area contributed by atoms with E-state index in [-0.39, 0.29) is 27.1 Å². The first-order chi connectivity index (χ1) is 32.7. The number of pyridine rings is 1. The molecule has 0 bridgehead atoms. The van der Waals surface area contributed by atoms with Crippen molar-refractivity contribution in [1.82, 2.24) is 9.55 Å². The van der Waals surface area contributed by atoms with E-state index in [0.29, 0.717) is 6.67 Å². The Hall–Kier alpha value is -6.59. The van der Waals surface area contributed by atoms with Gasteiger partial charge in [0.1, 0.15) is 17.3 Å². The number of benzene rings is 6. The molecule has 0 saturated carbocycles. The second-order valence-corrected chi connectivity index (χ2v) is 24.9. The molecule has 0 amide bonds. The zero-order valence-electron chi connectivity index (χ0n) is 44.8. The molecule has 9 rings (SSSR count). The van der Waals surface area contributed by atoms with Crippen LogP contribution in [0.4, 0.5) is 11.4 Å². The fourth-order valence-electron chi connectivity index (χ4n) is 9.69. The summed E-state index contributed by atoms with van der Waals surface area (Å²) in [7, 11) is 0. The second-order valence-electron chi connectivity index (χ2n) is 24.9. The molecule has 0 aliphatic carbocycles. The summed E-state index contributed by atoms with van der Waals surface area (Å²) in [4.78, 5) is 10.1. The first kappa shape index (κ1) is 48.4. The number of ether oxygens (including phenoxy) is 1. The van der Waals surface area contributed by atoms with Gasteiger partial charge in [0.25, 0.3) is 0 Å². The number of anilines is 2. The predicted octanol–water partition coefficient (Wildman–Crippen LogP) is 18.0. The lowest BCUT2D eigenvalue weighted by atomic mass is 9.78. The standard InChI is InChI=1S/C65H74N4O/c1-42-39-66-60(38-56(42)45-29-46(61(2,3)4)32-47(30-45)62(5,6)7)69-57-25-21-20-24-54(57)55-27-26-52(37-58(55)69)70-53-35-49(64(11,12)13)33-50(36-53)67-40-59(65(14,15)16)68(41-67)51-31-44(43-22-18-17-19-23-43)28-48(34-51)63(8,9)10/h17-40H,41H2,1-16H3. The van der Waals surface area contributed by atoms with Crippen LogP contribution in [0.15, 0.2) is 152 Å². The Kier molecular flexibility index (Phi) is 12.0. The van der Waals surface area contributed by atoms with Crippen molar-refractivity contribution >= 4 is 33.2 Å². The first-order valence-electron chi connectivity index (χ1n) is 25.2. The van der Waals surface area contributed by atoms with Crippen LogP contribution in [-0.4, -0.2) is 16.2 Å². The average molecular weight is 927 g/mol. The van der Waals surface area contributed by atoms with Gasteiger partial charge in [0.2, 0.25) is 0 Å². The number of allylic oxidation sites excluding steroid dienone is 1. The van der Waals surface area contributed by atoms with Crippen LogP contribution in [0.2, 0.25) is 0 Å². The maximum Gasteiger partial charge on any atom is 0.138 e. The van der Waals surface area contributed by atoms with E-state index in [0.717, 1.165) is 45.0 Å². The molecule has 0 unspecified atom stereocenters. The highest BCUT2D eigenvalue weighted by Crippen LogP contribution is 2.44. The molecule has 360 valence electrons. The second kappa shape index (κ2) is 17.4. The van der Waals surface area contributed by atoms with Crippen molar-refractivity contribution in [3.8, 4) is 39.6 Å². The van der Waals surface area contributed by atoms with Crippen molar-refractivity contribution in [2.75, 3.05) is 16.5 Å². The van der Waals surface area contributed by atoms with Crippen molar-refractivity contribution < 1.29 is 4.74 Å². The highest BCUT2D eigenvalue weighted by atomic mass is 16.5. The lowest BCUT2D eigenvalue weighted by Gasteiger charge is -2.32. The van der Waals surface area contributed by atoms with E-state index in [1.54, 1.807) is 0 Å². The highest BCUT2D eigenvalue weighted by molar-refractivity contribution is 6.09. The van der Waals surface area contributed by atoms with Crippen LogP contribution in [0.1, 0.15) is 132 Å². The average Bonchev–Trinajstić information content (AvgIpc) is 3.89. The molecule has 0 radical (unpaired) electrons. The molecule has 5 nitrogen and oxygen atoms in total. The van der Waals surface area contributed by atoms with Crippen molar-refractivity contribution in [2.24, 2.45) is 5.41 Å². The third-order valence-electron chi connectivity index (χ3n) is 14.1. The normalized spacial score (nSPS) is 14.0. The van der Waals surface area contributed by atoms with E-state index in [1.807, 2.05) is 6.20 Å². The maximum absolute atomic E-state index is 7.04. The Morgan fingerprint density at radius 1 is 0.457 bits per heavy atom. The smallest absolute Gasteiger partial charge is 0.138 e. The molecule has 3 heterocycles. The summed E-state index contributed by atoms with van der Waals surface area (Å²) < 4.78 is 9.35. The molecule has 70 heavy (non-hydrogen) atoms. The van der Waals surface area contributed by atoms with Gasteiger partial charge in [-0.1, -0.05) is 177 Å². The zero-order valence-corrected chi connectivity index (χ0v) is 44.8. The topological polar surface area (TPSA) is 33.5 Å². The Balaban J connectivity index is 1.13. The minimum atomic E-state index is -0.124. The summed E-state index contributed by atoms with van der Waals surface area (Å²) >= 11 is 0. The van der Waals surface area contributed by atoms with Crippen molar-refractivity contribution in [3.63, 3.8) is 0 Å². The third-order valence-corrected chi connectivity index (χ3v) is 14.1. The monoisotopic (exact) mass is 927 g/mol. The van der Waals surface area contributed by atoms with Gasteiger partial charge in [-0.25, -0.2) is 4.98 Å². The molecule has 0 spiro atoms. The van der Waals surface area contributed by atoms with Crippen LogP contribution >= 0.6 is 0 Å². The molecule has 0 atom stereocenters. The fourth-order valence-corrected chi connectivity index (χ4v) is 9.69. The lowest BCUT2D eigenvalue weighted by molar-refractivity contribution is 0.479. The van der Waals surface area contributed by atoms with Crippen molar-refractivity contribution in [2.45, 2.75) is 132 Å². The van der Waals surface area contributed by atoms with Gasteiger partial charge in [-0.3, -0.25) is 4.57 Å². The van der Waals surface area contributed by atoms with Crippen molar-refractivity contribution in [3.05, 3.63) is 179 Å². The van der Waals surface area contributed by atoms with Gasteiger partial charge in [0.15, 0.2) is 0 Å². The summed E-state index contributed by atoms with van der Waals surface area (Å²) in [6, 6.07) is 49.3. The zero-order chi connectivity index (χ0) is 50.3. The molecular formula is C65H74N4O. The Labute approximate surface area is 418 Å². The molecular weight excluding hydrogens is 853 g/mol. The van der Waals surface area contributed by atoms with E-state index in [1.165, 1.54) is 61.3 Å². The van der Waals surface area contributed by atoms with Gasteiger partial charge < -0.3 is 14.5 Å². The van der Waals surface area contributed by atoms with Gasteiger partial charge in [0, 0.05) is 57.8 Å². The van der Waals surface area contributed by atoms with Crippen LogP contribution in [-0.2, 0) is 21.7 Å². The van der Waals surface area contributed by atoms with Crippen LogP contribution in [0.3, 0.4) is 0 Å². The number of hydrogen-bond acceptors (Lipinski definition) is 4. The van der Waals surface area contributed by atoms with E-state index < -0.39 is 0 Å². The molecule has 8 aromatic rings. The van der Waals surface area contributed by atoms with Crippen LogP contribution in [0, 0.1) is 12.3 Å². The third kappa shape index (κ3) is 9.65. The summed E-state index contributed by atoms with van der Waals surface area (Å²) in [6.45, 7) is 37.4. The summed E-state index contributed by atoms with van der Waals surface area (Å²) in [6.07, 6.45) is 4.39. The van der Waals surface area contributed by atoms with E-state index in [4.69, 9.17) is 9.72 Å². The number of para-hydroxylation sites is 1. The van der Waals surface area contributed by atoms with E-state index in [9.17, 15) is 0 Å². The molecule has 6 aromatic carbocycles. The molecule has 1 aliphatic rings. The van der Waals surface area contributed by atoms with E-state index in [2.05, 4.69) is 265 Å². The molecule has 0 saturated heterocycles. The maximum atomic E-state index is 7.04. The molecule has 1 aliphatic heterocycles. The van der Waals surface area contributed by atoms with Crippen LogP contribution in [0.5, 0.6) is 11.5 Å². The van der Waals surface area contributed by atoms with Gasteiger partial charge in [-0.05, 0) is 127 Å². The van der Waals surface area contributed by atoms with Crippen LogP contribution in [0.25, 0.3) is 49.9 Å². The predicted molar refractivity (Wildman–Crippen MR) is 299 cm³/mol. The first-order valence-corrected chi connectivity index (χ1v) is 25.2. The minimum absolute atomic E-state index is 0.00288. The van der Waals surface area contributed by atoms with E-state index >= 15 is 0 Å². The van der Waals surface area contributed by atoms with Gasteiger partial charge in [-0.2, -0.15) is 0 Å². The molecule has 0 fully saturated rings. The lowest BCUT2D eigenvalue weighted by Crippen LogP contribution is -2.31. The van der Waals surface area contributed by atoms with Gasteiger partial charge >= 0.3 is 0 Å². The van der Waals surface area contributed by atoms with Gasteiger partial charge in [-0.15, -0.1) is 0 Å². The van der Waals surface area contributed by atoms with Crippen LogP contribution < -0.4 is 14.5 Å². The number of aryl methyl sites for hydroxylation is 1. The largest absolute Gasteiger partial charge is 0.457 e. The quantitative estimate of drug-likeness (QED) is 0.159. The number of aromatic nitrogens is 2. The summed E-state index contributed by atoms with van der Waals surface area (Å²) in [5.41, 5.74) is 16.7. The van der Waals surface area contributed by atoms with Gasteiger partial charge in [0.05, 0.1) is 17.7 Å². The molecule has 5 heteroatoms. The summed E-state index contributed by atoms with van der Waals surface area (Å²) in [5.74, 6) is 2.46. The Bertz CT molecular complexity index is 3270. The number of nitrogens with zero attached hydrogens (tertiary/aromatic N) is 4. The SMILES string of the molecule is Cc1cnc(-n2c3ccccc3c3ccc(Oc4cc(N5C=C(C(C)(C)C)N(c6cc(-c7ccccc7)cc(C(C)(C)C)c6)C5)cc(C(C)(C)C)c4)cc32)cc1-c1cc(C(C)(C)C)cc(C(C)(C)C)c1. The number of fused-ring (bicyclic) bond motifs is 3. The molecule has 0 N–H and O–H groups in total. The Morgan fingerprint density at radius 3 is 1.67 bits per heavy atom. The fraction of sp³-hybridized carbons (Fsp3) is 0.338. The Morgan fingerprint density at radius 2 is 1.03 bits per heavy atom. The number of rotatable bonds is 7. The molecule has 2 aromatic heterocycles. The highest BCUT2D eigenvalue weighted by Gasteiger charge is 2.33.